The van der Waals surface area contributed by atoms with Gasteiger partial charge in [-0.15, -0.1) is 0 Å². The average molecular weight is 363 g/mol. The van der Waals surface area contributed by atoms with Gasteiger partial charge in [0, 0.05) is 0 Å². The van der Waals surface area contributed by atoms with E-state index < -0.39 is 0 Å². The molecule has 0 saturated carbocycles. The van der Waals surface area contributed by atoms with E-state index in [0.29, 0.717) is 23.7 Å². The van der Waals surface area contributed by atoms with Gasteiger partial charge in [-0.1, -0.05) is 47.0 Å². The van der Waals surface area contributed by atoms with E-state index in [1.54, 1.807) is 24.3 Å². The number of esters is 2. The Morgan fingerprint density at radius 3 is 2.00 bits per heavy atom. The molecule has 0 radical (unpaired) electrons. The third-order valence-corrected chi connectivity index (χ3v) is 4.28. The quantitative estimate of drug-likeness (QED) is 0.348. The Morgan fingerprint density at radius 2 is 1.46 bits per heavy atom. The van der Waals surface area contributed by atoms with Gasteiger partial charge in [-0.2, -0.15) is 0 Å². The second kappa shape index (κ2) is 12.5. The Hall–Kier alpha value is -1.84. The minimum atomic E-state index is -0.347. The van der Waals surface area contributed by atoms with Crippen molar-refractivity contribution in [2.75, 3.05) is 6.61 Å². The third-order valence-electron chi connectivity index (χ3n) is 4.28. The summed E-state index contributed by atoms with van der Waals surface area (Å²) in [5.41, 5.74) is 0.932. The van der Waals surface area contributed by atoms with E-state index in [1.165, 1.54) is 0 Å². The summed E-state index contributed by atoms with van der Waals surface area (Å²) in [6.45, 7) is 8.94. The van der Waals surface area contributed by atoms with E-state index in [-0.39, 0.29) is 18.0 Å². The molecule has 0 amide bonds. The molecule has 0 N–H and O–H groups in total. The van der Waals surface area contributed by atoms with Gasteiger partial charge in [0.2, 0.25) is 0 Å². The Morgan fingerprint density at radius 1 is 0.846 bits per heavy atom. The van der Waals surface area contributed by atoms with Crippen molar-refractivity contribution >= 4 is 11.9 Å². The summed E-state index contributed by atoms with van der Waals surface area (Å²) in [6.07, 6.45) is 6.79. The summed E-state index contributed by atoms with van der Waals surface area (Å²) < 4.78 is 10.9. The fourth-order valence-electron chi connectivity index (χ4n) is 2.72. The average Bonchev–Trinajstić information content (AvgIpc) is 2.63. The zero-order valence-corrected chi connectivity index (χ0v) is 16.8. The normalized spacial score (nSPS) is 12.0. The van der Waals surface area contributed by atoms with Crippen molar-refractivity contribution in [1.29, 1.82) is 0 Å². The molecule has 0 bridgehead atoms. The molecule has 1 aromatic carbocycles. The maximum absolute atomic E-state index is 12.3. The van der Waals surface area contributed by atoms with Crippen LogP contribution in [0.3, 0.4) is 0 Å². The van der Waals surface area contributed by atoms with Crippen LogP contribution < -0.4 is 0 Å². The molecule has 146 valence electrons. The molecular weight excluding hydrogens is 328 g/mol. The monoisotopic (exact) mass is 362 g/mol. The number of benzene rings is 1. The smallest absolute Gasteiger partial charge is 0.338 e. The Bertz CT molecular complexity index is 534. The highest BCUT2D eigenvalue weighted by atomic mass is 16.5. The van der Waals surface area contributed by atoms with Crippen molar-refractivity contribution in [3.63, 3.8) is 0 Å². The fourth-order valence-corrected chi connectivity index (χ4v) is 2.72. The van der Waals surface area contributed by atoms with E-state index >= 15 is 0 Å². The SMILES string of the molecule is CCCCC(CCC)OC(=O)c1ccc(C(=O)OCCCC(C)C)cc1. The van der Waals surface area contributed by atoms with Gasteiger partial charge < -0.3 is 9.47 Å². The highest BCUT2D eigenvalue weighted by Crippen LogP contribution is 2.15. The number of hydrogen-bond donors (Lipinski definition) is 0. The first-order chi connectivity index (χ1) is 12.5. The summed E-state index contributed by atoms with van der Waals surface area (Å²) in [7, 11) is 0. The Kier molecular flexibility index (Phi) is 10.7. The molecule has 0 aliphatic rings. The highest BCUT2D eigenvalue weighted by Gasteiger charge is 2.16. The summed E-state index contributed by atoms with van der Waals surface area (Å²) >= 11 is 0. The molecule has 1 aromatic rings. The van der Waals surface area contributed by atoms with Gasteiger partial charge >= 0.3 is 11.9 Å². The van der Waals surface area contributed by atoms with Crippen LogP contribution in [0.1, 0.15) is 93.4 Å². The lowest BCUT2D eigenvalue weighted by molar-refractivity contribution is 0.0254. The summed E-state index contributed by atoms with van der Waals surface area (Å²) in [6, 6.07) is 6.52. The lowest BCUT2D eigenvalue weighted by Gasteiger charge is -2.17. The summed E-state index contributed by atoms with van der Waals surface area (Å²) in [4.78, 5) is 24.3. The maximum atomic E-state index is 12.3. The van der Waals surface area contributed by atoms with Crippen LogP contribution in [-0.2, 0) is 9.47 Å². The van der Waals surface area contributed by atoms with Gasteiger partial charge in [0.25, 0.3) is 0 Å². The van der Waals surface area contributed by atoms with Crippen LogP contribution >= 0.6 is 0 Å². The van der Waals surface area contributed by atoms with Gasteiger partial charge in [0.15, 0.2) is 0 Å². The number of unbranched alkanes of at least 4 members (excludes halogenated alkanes) is 1. The van der Waals surface area contributed by atoms with E-state index in [1.807, 2.05) is 0 Å². The first-order valence-electron chi connectivity index (χ1n) is 9.96. The predicted octanol–water partition coefficient (Wildman–Crippen LogP) is 5.80. The van der Waals surface area contributed by atoms with Gasteiger partial charge in [-0.3, -0.25) is 0 Å². The lowest BCUT2D eigenvalue weighted by Crippen LogP contribution is -2.18. The maximum Gasteiger partial charge on any atom is 0.338 e. The van der Waals surface area contributed by atoms with Gasteiger partial charge in [0.1, 0.15) is 6.10 Å². The van der Waals surface area contributed by atoms with Crippen LogP contribution in [0.2, 0.25) is 0 Å². The summed E-state index contributed by atoms with van der Waals surface area (Å²) in [5.74, 6) is -0.0651. The largest absolute Gasteiger partial charge is 0.462 e. The van der Waals surface area contributed by atoms with E-state index in [2.05, 4.69) is 27.7 Å². The second-order valence-electron chi connectivity index (χ2n) is 7.21. The van der Waals surface area contributed by atoms with E-state index in [0.717, 1.165) is 44.9 Å². The van der Waals surface area contributed by atoms with Crippen LogP contribution in [0, 0.1) is 5.92 Å². The second-order valence-corrected chi connectivity index (χ2v) is 7.21. The van der Waals surface area contributed by atoms with Crippen molar-refractivity contribution in [3.8, 4) is 0 Å². The van der Waals surface area contributed by atoms with Gasteiger partial charge in [0.05, 0.1) is 17.7 Å². The Balaban J connectivity index is 2.53. The minimum absolute atomic E-state index is 0.0296. The van der Waals surface area contributed by atoms with Crippen LogP contribution in [0.15, 0.2) is 24.3 Å². The first kappa shape index (κ1) is 22.2. The molecule has 0 saturated heterocycles. The number of carbonyl (C=O) groups excluding carboxylic acids is 2. The number of ether oxygens (including phenoxy) is 2. The van der Waals surface area contributed by atoms with Crippen LogP contribution in [0.5, 0.6) is 0 Å². The van der Waals surface area contributed by atoms with Crippen molar-refractivity contribution in [2.24, 2.45) is 5.92 Å². The first-order valence-corrected chi connectivity index (χ1v) is 9.96. The van der Waals surface area contributed by atoms with Crippen molar-refractivity contribution in [3.05, 3.63) is 35.4 Å². The fraction of sp³-hybridized carbons (Fsp3) is 0.636. The molecule has 4 heteroatoms. The molecular formula is C22H34O4. The molecule has 26 heavy (non-hydrogen) atoms. The lowest BCUT2D eigenvalue weighted by atomic mass is 10.1. The zero-order chi connectivity index (χ0) is 19.4. The van der Waals surface area contributed by atoms with E-state index in [4.69, 9.17) is 9.47 Å². The standard InChI is InChI=1S/C22H34O4/c1-5-7-11-20(9-6-2)26-22(24)19-14-12-18(13-15-19)21(23)25-16-8-10-17(3)4/h12-15,17,20H,5-11,16H2,1-4H3. The molecule has 0 aromatic heterocycles. The molecule has 0 aliphatic carbocycles. The molecule has 1 rings (SSSR count). The van der Waals surface area contributed by atoms with E-state index in [9.17, 15) is 9.59 Å². The van der Waals surface area contributed by atoms with Crippen molar-refractivity contribution in [2.45, 2.75) is 78.7 Å². The highest BCUT2D eigenvalue weighted by molar-refractivity contribution is 5.93. The molecule has 1 unspecified atom stereocenters. The topological polar surface area (TPSA) is 52.6 Å². The molecule has 0 heterocycles. The minimum Gasteiger partial charge on any atom is -0.462 e. The summed E-state index contributed by atoms with van der Waals surface area (Å²) in [5, 5.41) is 0. The predicted molar refractivity (Wildman–Crippen MR) is 104 cm³/mol. The zero-order valence-electron chi connectivity index (χ0n) is 16.8. The third kappa shape index (κ3) is 8.50. The molecule has 0 spiro atoms. The number of carbonyl (C=O) groups is 2. The van der Waals surface area contributed by atoms with Gasteiger partial charge in [-0.05, 0) is 55.9 Å². The molecule has 4 nitrogen and oxygen atoms in total. The molecule has 1 atom stereocenters. The van der Waals surface area contributed by atoms with Crippen LogP contribution in [0.25, 0.3) is 0 Å². The van der Waals surface area contributed by atoms with Gasteiger partial charge in [-0.25, -0.2) is 9.59 Å². The van der Waals surface area contributed by atoms with Crippen LogP contribution in [0.4, 0.5) is 0 Å². The van der Waals surface area contributed by atoms with Crippen molar-refractivity contribution in [1.82, 2.24) is 0 Å². The Labute approximate surface area is 158 Å². The number of rotatable bonds is 12. The molecule has 0 fully saturated rings. The number of hydrogen-bond acceptors (Lipinski definition) is 4. The van der Waals surface area contributed by atoms with Crippen molar-refractivity contribution < 1.29 is 19.1 Å². The molecule has 0 aliphatic heterocycles. The van der Waals surface area contributed by atoms with Crippen LogP contribution in [-0.4, -0.2) is 24.6 Å².